The number of benzene rings is 1. The van der Waals surface area contributed by atoms with Crippen molar-refractivity contribution in [1.82, 2.24) is 15.1 Å². The maximum absolute atomic E-state index is 12.9. The number of rotatable bonds is 6. The highest BCUT2D eigenvalue weighted by Crippen LogP contribution is 2.36. The Balaban J connectivity index is 1.65. The Kier molecular flexibility index (Phi) is 6.15. The average molecular weight is 429 g/mol. The number of nitrogens with zero attached hydrogens (tertiary/aromatic N) is 4. The van der Waals surface area contributed by atoms with Crippen molar-refractivity contribution in [3.8, 4) is 0 Å². The minimum absolute atomic E-state index is 0.105. The van der Waals surface area contributed by atoms with Gasteiger partial charge in [0.15, 0.2) is 0 Å². The van der Waals surface area contributed by atoms with Gasteiger partial charge in [0, 0.05) is 32.2 Å². The van der Waals surface area contributed by atoms with Gasteiger partial charge < -0.3 is 10.2 Å². The molecule has 1 N–H and O–H groups in total. The third-order valence-corrected chi connectivity index (χ3v) is 5.24. The Hall–Kier alpha value is -2.89. The predicted octanol–water partition coefficient (Wildman–Crippen LogP) is 2.41. The maximum atomic E-state index is 12.9. The minimum Gasteiger partial charge on any atom is -0.363 e. The Bertz CT molecular complexity index is 840. The van der Waals surface area contributed by atoms with Crippen LogP contribution in [0.25, 0.3) is 0 Å². The monoisotopic (exact) mass is 429 g/mol. The molecule has 2 saturated heterocycles. The van der Waals surface area contributed by atoms with Crippen LogP contribution < -0.4 is 10.2 Å². The summed E-state index contributed by atoms with van der Waals surface area (Å²) in [4.78, 5) is 39.5. The number of imide groups is 1. The molecule has 30 heavy (non-hydrogen) atoms. The molecule has 3 amide bonds. The van der Waals surface area contributed by atoms with Crippen molar-refractivity contribution in [3.05, 3.63) is 33.9 Å². The zero-order valence-electron chi connectivity index (χ0n) is 16.3. The van der Waals surface area contributed by atoms with Crippen molar-refractivity contribution in [3.63, 3.8) is 0 Å². The minimum atomic E-state index is -4.67. The Morgan fingerprint density at radius 2 is 1.87 bits per heavy atom. The van der Waals surface area contributed by atoms with Crippen LogP contribution in [-0.2, 0) is 11.0 Å². The number of hydrogen-bond acceptors (Lipinski definition) is 6. The second kappa shape index (κ2) is 8.46. The van der Waals surface area contributed by atoms with Crippen LogP contribution in [0.5, 0.6) is 0 Å². The van der Waals surface area contributed by atoms with Crippen LogP contribution in [0, 0.1) is 10.1 Å². The molecule has 2 fully saturated rings. The average Bonchev–Trinajstić information content (AvgIpc) is 2.95. The number of nitro groups is 1. The Labute approximate surface area is 170 Å². The fourth-order valence-electron chi connectivity index (χ4n) is 3.64. The van der Waals surface area contributed by atoms with E-state index in [9.17, 15) is 32.9 Å². The van der Waals surface area contributed by atoms with Gasteiger partial charge in [0.05, 0.1) is 17.2 Å². The molecule has 2 aliphatic rings. The predicted molar refractivity (Wildman–Crippen MR) is 101 cm³/mol. The van der Waals surface area contributed by atoms with E-state index >= 15 is 0 Å². The number of carbonyl (C=O) groups is 2. The van der Waals surface area contributed by atoms with Crippen LogP contribution in [0.3, 0.4) is 0 Å². The summed E-state index contributed by atoms with van der Waals surface area (Å²) in [6.07, 6.45) is -3.35. The van der Waals surface area contributed by atoms with Crippen LogP contribution in [0.15, 0.2) is 18.2 Å². The topological polar surface area (TPSA) is 99.0 Å². The van der Waals surface area contributed by atoms with E-state index in [0.29, 0.717) is 38.7 Å². The van der Waals surface area contributed by atoms with E-state index in [0.717, 1.165) is 23.5 Å². The molecule has 1 aromatic rings. The van der Waals surface area contributed by atoms with Crippen LogP contribution >= 0.6 is 0 Å². The molecule has 9 nitrogen and oxygen atoms in total. The first-order valence-corrected chi connectivity index (χ1v) is 9.56. The van der Waals surface area contributed by atoms with Gasteiger partial charge in [-0.3, -0.25) is 19.8 Å². The summed E-state index contributed by atoms with van der Waals surface area (Å²) >= 11 is 0. The van der Waals surface area contributed by atoms with Gasteiger partial charge in [-0.25, -0.2) is 9.69 Å². The van der Waals surface area contributed by atoms with E-state index in [1.54, 1.807) is 4.90 Å². The Morgan fingerprint density at radius 1 is 1.20 bits per heavy atom. The van der Waals surface area contributed by atoms with Gasteiger partial charge in [-0.05, 0) is 18.6 Å². The molecular weight excluding hydrogens is 407 g/mol. The summed E-state index contributed by atoms with van der Waals surface area (Å²) < 4.78 is 38.6. The van der Waals surface area contributed by atoms with E-state index in [1.165, 1.54) is 0 Å². The van der Waals surface area contributed by atoms with Crippen LogP contribution in [0.2, 0.25) is 0 Å². The fraction of sp³-hybridized carbons (Fsp3) is 0.556. The van der Waals surface area contributed by atoms with Gasteiger partial charge in [0.25, 0.3) is 11.6 Å². The molecule has 0 spiro atoms. The van der Waals surface area contributed by atoms with Gasteiger partial charge in [-0.1, -0.05) is 13.3 Å². The lowest BCUT2D eigenvalue weighted by molar-refractivity contribution is -0.384. The number of amides is 3. The molecule has 0 radical (unpaired) electrons. The summed E-state index contributed by atoms with van der Waals surface area (Å²) in [5, 5.41) is 14.0. The molecule has 0 aliphatic carbocycles. The van der Waals surface area contributed by atoms with E-state index in [2.05, 4.69) is 5.32 Å². The van der Waals surface area contributed by atoms with Crippen molar-refractivity contribution in [2.75, 3.05) is 37.7 Å². The van der Waals surface area contributed by atoms with E-state index < -0.39 is 34.4 Å². The maximum Gasteiger partial charge on any atom is 0.416 e. The second-order valence-corrected chi connectivity index (χ2v) is 7.26. The zero-order valence-corrected chi connectivity index (χ0v) is 16.3. The standard InChI is InChI=1S/C18H22F3N5O4/c1-2-3-13-16(27)25(17(28)22-13)11-23-6-8-24(9-7-23)14-5-4-12(18(19,20)21)10-15(14)26(29)30/h4-5,10,13H,2-3,6-9,11H2,1H3,(H,22,28)/t13-/m0/s1. The van der Waals surface area contributed by atoms with Crippen molar-refractivity contribution in [2.45, 2.75) is 32.0 Å². The summed E-state index contributed by atoms with van der Waals surface area (Å²) in [6.45, 7) is 3.44. The number of piperazine rings is 1. The lowest BCUT2D eigenvalue weighted by Crippen LogP contribution is -2.51. The summed E-state index contributed by atoms with van der Waals surface area (Å²) in [6, 6.07) is 1.53. The molecule has 2 heterocycles. The molecule has 1 aromatic carbocycles. The summed E-state index contributed by atoms with van der Waals surface area (Å²) in [7, 11) is 0. The first-order chi connectivity index (χ1) is 14.1. The molecule has 12 heteroatoms. The first-order valence-electron chi connectivity index (χ1n) is 9.56. The van der Waals surface area contributed by atoms with Crippen molar-refractivity contribution >= 4 is 23.3 Å². The molecule has 164 valence electrons. The van der Waals surface area contributed by atoms with Gasteiger partial charge in [-0.2, -0.15) is 13.2 Å². The SMILES string of the molecule is CCC[C@@H]1NC(=O)N(CN2CCN(c3ccc(C(F)(F)F)cc3[N+](=O)[O-])CC2)C1=O. The van der Waals surface area contributed by atoms with Gasteiger partial charge in [0.1, 0.15) is 11.7 Å². The quantitative estimate of drug-likeness (QED) is 0.424. The highest BCUT2D eigenvalue weighted by atomic mass is 19.4. The van der Waals surface area contributed by atoms with E-state index in [-0.39, 0.29) is 18.3 Å². The number of carbonyl (C=O) groups excluding carboxylic acids is 2. The van der Waals surface area contributed by atoms with E-state index in [1.807, 2.05) is 11.8 Å². The normalized spacial score (nSPS) is 20.6. The lowest BCUT2D eigenvalue weighted by Gasteiger charge is -2.36. The molecule has 0 saturated carbocycles. The number of anilines is 1. The summed E-state index contributed by atoms with van der Waals surface area (Å²) in [5.41, 5.74) is -1.56. The smallest absolute Gasteiger partial charge is 0.363 e. The van der Waals surface area contributed by atoms with Gasteiger partial charge in [-0.15, -0.1) is 0 Å². The van der Waals surface area contributed by atoms with Crippen molar-refractivity contribution < 1.29 is 27.7 Å². The highest BCUT2D eigenvalue weighted by Gasteiger charge is 2.39. The zero-order chi connectivity index (χ0) is 22.1. The molecule has 0 bridgehead atoms. The van der Waals surface area contributed by atoms with Gasteiger partial charge >= 0.3 is 12.2 Å². The van der Waals surface area contributed by atoms with Crippen molar-refractivity contribution in [1.29, 1.82) is 0 Å². The molecule has 0 aromatic heterocycles. The highest BCUT2D eigenvalue weighted by molar-refractivity contribution is 6.04. The third kappa shape index (κ3) is 4.48. The van der Waals surface area contributed by atoms with Crippen molar-refractivity contribution in [2.24, 2.45) is 0 Å². The van der Waals surface area contributed by atoms with Crippen LogP contribution in [0.4, 0.5) is 29.3 Å². The number of nitro benzene ring substituents is 1. The fourth-order valence-corrected chi connectivity index (χ4v) is 3.64. The number of nitrogens with one attached hydrogen (secondary N) is 1. The molecular formula is C18H22F3N5O4. The lowest BCUT2D eigenvalue weighted by atomic mass is 10.1. The number of hydrogen-bond donors (Lipinski definition) is 1. The second-order valence-electron chi connectivity index (χ2n) is 7.26. The molecule has 1 atom stereocenters. The summed E-state index contributed by atoms with van der Waals surface area (Å²) in [5.74, 6) is -0.275. The third-order valence-electron chi connectivity index (χ3n) is 5.24. The number of halogens is 3. The van der Waals surface area contributed by atoms with E-state index in [4.69, 9.17) is 0 Å². The largest absolute Gasteiger partial charge is 0.416 e. The van der Waals surface area contributed by atoms with Crippen LogP contribution in [-0.4, -0.2) is 65.6 Å². The first kappa shape index (κ1) is 21.8. The van der Waals surface area contributed by atoms with Crippen LogP contribution in [0.1, 0.15) is 25.3 Å². The molecule has 3 rings (SSSR count). The Morgan fingerprint density at radius 3 is 2.43 bits per heavy atom. The van der Waals surface area contributed by atoms with Gasteiger partial charge in [0.2, 0.25) is 0 Å². The number of urea groups is 1. The number of alkyl halides is 3. The molecule has 2 aliphatic heterocycles. The molecule has 0 unspecified atom stereocenters.